The molecule has 2 rings (SSSR count). The molecule has 0 saturated heterocycles. The van der Waals surface area contributed by atoms with Gasteiger partial charge in [0.15, 0.2) is 0 Å². The predicted octanol–water partition coefficient (Wildman–Crippen LogP) is 11.0. The monoisotopic (exact) mass is 607 g/mol. The van der Waals surface area contributed by atoms with Crippen LogP contribution in [-0.2, 0) is 19.2 Å². The van der Waals surface area contributed by atoms with Crippen molar-refractivity contribution in [2.75, 3.05) is 0 Å². The Kier molecular flexibility index (Phi) is 12.5. The number of hydrogen-bond donors (Lipinski definition) is 2. The van der Waals surface area contributed by atoms with Crippen molar-refractivity contribution in [3.8, 4) is 0 Å². The Morgan fingerprint density at radius 2 is 1.20 bits per heavy atom. The van der Waals surface area contributed by atoms with Crippen LogP contribution < -0.4 is 0 Å². The molecule has 35 heavy (non-hydrogen) atoms. The first-order valence-corrected chi connectivity index (χ1v) is 15.3. The Bertz CT molecular complexity index is 875. The quantitative estimate of drug-likeness (QED) is 0.223. The number of hydrogen-bond acceptors (Lipinski definition) is 2. The van der Waals surface area contributed by atoms with E-state index in [1.807, 2.05) is 0 Å². The van der Waals surface area contributed by atoms with Gasteiger partial charge in [-0.2, -0.15) is 0 Å². The van der Waals surface area contributed by atoms with Gasteiger partial charge in [0.2, 0.25) is 0 Å². The summed E-state index contributed by atoms with van der Waals surface area (Å²) in [4.78, 5) is 1.19. The van der Waals surface area contributed by atoms with Crippen molar-refractivity contribution in [2.24, 2.45) is 17.8 Å². The van der Waals surface area contributed by atoms with Gasteiger partial charge < -0.3 is 0 Å². The molecule has 0 bridgehead atoms. The summed E-state index contributed by atoms with van der Waals surface area (Å²) < 4.78 is -0.113. The maximum atomic E-state index is 5.16. The van der Waals surface area contributed by atoms with Crippen LogP contribution in [0, 0.1) is 17.8 Å². The zero-order valence-corrected chi connectivity index (χ0v) is 28.0. The molecule has 0 aromatic heterocycles. The van der Waals surface area contributed by atoms with Crippen molar-refractivity contribution in [3.05, 3.63) is 52.1 Å². The van der Waals surface area contributed by atoms with Crippen molar-refractivity contribution in [3.63, 3.8) is 0 Å². The van der Waals surface area contributed by atoms with Gasteiger partial charge in [0.05, 0.1) is 0 Å². The summed E-state index contributed by atoms with van der Waals surface area (Å²) in [5.74, 6) is 3.29. The maximum absolute atomic E-state index is 5.16. The van der Waals surface area contributed by atoms with Crippen LogP contribution >= 0.6 is 25.3 Å². The number of rotatable bonds is 7. The van der Waals surface area contributed by atoms with Gasteiger partial charge in [-0.1, -0.05) is 53.7 Å². The molecule has 1 aromatic rings. The Balaban J connectivity index is 0.000000355. The van der Waals surface area contributed by atoms with Gasteiger partial charge in [-0.15, -0.1) is 12.6 Å². The van der Waals surface area contributed by atoms with Gasteiger partial charge in [-0.3, -0.25) is 0 Å². The fourth-order valence-electron chi connectivity index (χ4n) is 4.91. The molecule has 0 fully saturated rings. The molecule has 0 radical (unpaired) electrons. The Labute approximate surface area is 240 Å². The molecule has 0 nitrogen and oxygen atoms in total. The molecule has 1 aromatic carbocycles. The van der Waals surface area contributed by atoms with E-state index in [4.69, 9.17) is 25.3 Å². The summed E-state index contributed by atoms with van der Waals surface area (Å²) >= 11 is 13.6. The van der Waals surface area contributed by atoms with Crippen molar-refractivity contribution in [1.29, 1.82) is 0 Å². The van der Waals surface area contributed by atoms with Gasteiger partial charge >= 0.3 is 136 Å². The summed E-state index contributed by atoms with van der Waals surface area (Å²) in [6.07, 6.45) is 5.88. The predicted molar refractivity (Wildman–Crippen MR) is 161 cm³/mol. The molecular formula is C32H53PdS2. The van der Waals surface area contributed by atoms with Crippen LogP contribution in [0.25, 0.3) is 0 Å². The molecule has 203 valence electrons. The van der Waals surface area contributed by atoms with E-state index in [1.165, 1.54) is 32.7 Å². The van der Waals surface area contributed by atoms with Crippen LogP contribution in [-0.4, -0.2) is 4.75 Å². The molecule has 0 saturated carbocycles. The zero-order valence-electron chi connectivity index (χ0n) is 24.7. The second-order valence-corrected chi connectivity index (χ2v) is 14.6. The molecule has 0 aliphatic heterocycles. The van der Waals surface area contributed by atoms with E-state index >= 15 is 0 Å². The standard InChI is InChI=1S/C17H29S.C15H24S.Pd/c1-8-17(18)15(12(4)5)9-14(11(2)3)10-16(17)13(6)7;1-9(2)12-7-13(10(3)4)15(16)14(8-12)11(5)6;/h9-13,18H,8H2,1-7H3;7-11,16H,1-6H3;. The minimum atomic E-state index is -0.0868. The molecule has 0 spiro atoms. The second kappa shape index (κ2) is 13.2. The van der Waals surface area contributed by atoms with Crippen LogP contribution in [0.1, 0.15) is 131 Å². The third kappa shape index (κ3) is 7.34. The Hall–Kier alpha value is 0.0623. The summed E-state index contributed by atoms with van der Waals surface area (Å²) in [5, 5.41) is 0. The van der Waals surface area contributed by atoms with E-state index in [9.17, 15) is 0 Å². The Morgan fingerprint density at radius 1 is 0.743 bits per heavy atom. The fraction of sp³-hybridized carbons (Fsp3) is 0.688. The summed E-state index contributed by atoms with van der Waals surface area (Å²) in [6, 6.07) is 4.65. The summed E-state index contributed by atoms with van der Waals surface area (Å²) in [6.45, 7) is 29.4. The number of benzene rings is 1. The van der Waals surface area contributed by atoms with Crippen LogP contribution in [0.3, 0.4) is 0 Å². The van der Waals surface area contributed by atoms with Crippen molar-refractivity contribution >= 4 is 25.3 Å². The van der Waals surface area contributed by atoms with Gasteiger partial charge in [0.25, 0.3) is 0 Å². The van der Waals surface area contributed by atoms with E-state index in [0.29, 0.717) is 35.5 Å². The van der Waals surface area contributed by atoms with Crippen molar-refractivity contribution in [2.45, 2.75) is 128 Å². The first-order chi connectivity index (χ1) is 15.9. The molecule has 0 N–H and O–H groups in total. The van der Waals surface area contributed by atoms with Crippen LogP contribution in [0.4, 0.5) is 0 Å². The summed E-state index contributed by atoms with van der Waals surface area (Å²) in [7, 11) is 0. The topological polar surface area (TPSA) is 0 Å². The average molecular weight is 608 g/mol. The van der Waals surface area contributed by atoms with E-state index in [1.54, 1.807) is 0 Å². The van der Waals surface area contributed by atoms with Crippen molar-refractivity contribution in [1.82, 2.24) is 0 Å². The van der Waals surface area contributed by atoms with Crippen LogP contribution in [0.5, 0.6) is 0 Å². The second-order valence-electron chi connectivity index (χ2n) is 12.2. The van der Waals surface area contributed by atoms with Gasteiger partial charge in [0, 0.05) is 4.90 Å². The minimum absolute atomic E-state index is 0.0262. The zero-order chi connectivity index (χ0) is 27.5. The van der Waals surface area contributed by atoms with E-state index < -0.39 is 0 Å². The molecule has 2 atom stereocenters. The third-order valence-electron chi connectivity index (χ3n) is 7.48. The average Bonchev–Trinajstić information content (AvgIpc) is 2.74. The molecule has 0 amide bonds. The molecular weight excluding hydrogens is 555 g/mol. The fourth-order valence-corrected chi connectivity index (χ4v) is 6.96. The third-order valence-corrected chi connectivity index (χ3v) is 11.0. The molecule has 0 heterocycles. The Morgan fingerprint density at radius 3 is 1.49 bits per heavy atom. The first kappa shape index (κ1) is 33.1. The summed E-state index contributed by atoms with van der Waals surface area (Å²) in [5.41, 5.74) is 7.13. The van der Waals surface area contributed by atoms with Crippen LogP contribution in [0.15, 0.2) is 40.3 Å². The van der Waals surface area contributed by atoms with Crippen LogP contribution in [0.2, 0.25) is 3.89 Å². The molecule has 1 aliphatic rings. The SMILES string of the molecule is CC(C)c1cc(C(C)C)c(S)c(C(C)C)c1.CCC1(S)C(C(C)C)=CC(C(C)C)=C[C]1([Pd])C(C)C. The van der Waals surface area contributed by atoms with E-state index in [0.717, 1.165) is 6.42 Å². The van der Waals surface area contributed by atoms with Gasteiger partial charge in [0.1, 0.15) is 0 Å². The first-order valence-electron chi connectivity index (χ1n) is 13.6. The van der Waals surface area contributed by atoms with Gasteiger partial charge in [-0.05, 0) is 34.4 Å². The molecule has 3 heteroatoms. The van der Waals surface area contributed by atoms with Crippen molar-refractivity contribution < 1.29 is 19.2 Å². The van der Waals surface area contributed by atoms with E-state index in [-0.39, 0.29) is 8.63 Å². The molecule has 1 aliphatic carbocycles. The molecule has 2 unspecified atom stereocenters. The number of allylic oxidation sites excluding steroid dienone is 3. The number of thiol groups is 2. The van der Waals surface area contributed by atoms with E-state index in [2.05, 4.69) is 133 Å². The normalized spacial score (nSPS) is 22.8. The van der Waals surface area contributed by atoms with Gasteiger partial charge in [-0.25, -0.2) is 0 Å².